The van der Waals surface area contributed by atoms with Gasteiger partial charge in [0.1, 0.15) is 23.4 Å². The summed E-state index contributed by atoms with van der Waals surface area (Å²) >= 11 is 0. The maximum Gasteiger partial charge on any atom is 0.257 e. The fraction of sp³-hybridized carbons (Fsp3) is 0.471. The standard InChI is InChI=1S/C17H21N3O3/c1-11-9-15(12(2)22-11)17(21)20-8-4-5-14(10-20)23-16-6-7-18-13(3)19-16/h6-7,9,14H,4-5,8,10H2,1-3H3. The molecule has 0 saturated carbocycles. The summed E-state index contributed by atoms with van der Waals surface area (Å²) in [5, 5.41) is 0. The number of piperidine rings is 1. The van der Waals surface area contributed by atoms with E-state index >= 15 is 0 Å². The maximum atomic E-state index is 12.7. The Morgan fingerprint density at radius 2 is 2.22 bits per heavy atom. The lowest BCUT2D eigenvalue weighted by molar-refractivity contribution is 0.0525. The third-order valence-electron chi connectivity index (χ3n) is 3.97. The zero-order valence-corrected chi connectivity index (χ0v) is 13.7. The molecular weight excluding hydrogens is 294 g/mol. The lowest BCUT2D eigenvalue weighted by Gasteiger charge is -2.32. The van der Waals surface area contributed by atoms with Gasteiger partial charge in [-0.25, -0.2) is 4.98 Å². The van der Waals surface area contributed by atoms with Crippen molar-refractivity contribution >= 4 is 5.91 Å². The lowest BCUT2D eigenvalue weighted by atomic mass is 10.1. The Balaban J connectivity index is 1.68. The first-order chi connectivity index (χ1) is 11.0. The van der Waals surface area contributed by atoms with E-state index in [2.05, 4.69) is 9.97 Å². The van der Waals surface area contributed by atoms with E-state index in [1.165, 1.54) is 0 Å². The van der Waals surface area contributed by atoms with Gasteiger partial charge >= 0.3 is 0 Å². The number of aromatic nitrogens is 2. The summed E-state index contributed by atoms with van der Waals surface area (Å²) in [7, 11) is 0. The minimum atomic E-state index is -0.0460. The number of aryl methyl sites for hydroxylation is 3. The van der Waals surface area contributed by atoms with Gasteiger partial charge in [0, 0.05) is 18.8 Å². The van der Waals surface area contributed by atoms with Crippen LogP contribution in [0, 0.1) is 20.8 Å². The first-order valence-corrected chi connectivity index (χ1v) is 7.85. The van der Waals surface area contributed by atoms with Crippen LogP contribution in [0.15, 0.2) is 22.7 Å². The van der Waals surface area contributed by atoms with Crippen molar-refractivity contribution in [1.29, 1.82) is 0 Å². The molecular formula is C17H21N3O3. The second-order valence-electron chi connectivity index (χ2n) is 5.90. The molecule has 1 aliphatic heterocycles. The van der Waals surface area contributed by atoms with Crippen molar-refractivity contribution in [1.82, 2.24) is 14.9 Å². The number of nitrogens with zero attached hydrogens (tertiary/aromatic N) is 3. The Labute approximate surface area is 135 Å². The average molecular weight is 315 g/mol. The lowest BCUT2D eigenvalue weighted by Crippen LogP contribution is -2.44. The molecule has 122 valence electrons. The fourth-order valence-electron chi connectivity index (χ4n) is 2.90. The second-order valence-corrected chi connectivity index (χ2v) is 5.90. The minimum absolute atomic E-state index is 0.00604. The number of ether oxygens (including phenoxy) is 1. The third-order valence-corrected chi connectivity index (χ3v) is 3.97. The molecule has 0 bridgehead atoms. The number of amides is 1. The first-order valence-electron chi connectivity index (χ1n) is 7.85. The van der Waals surface area contributed by atoms with Gasteiger partial charge in [-0.1, -0.05) is 0 Å². The van der Waals surface area contributed by atoms with Gasteiger partial charge in [-0.3, -0.25) is 4.79 Å². The van der Waals surface area contributed by atoms with Crippen molar-refractivity contribution in [2.24, 2.45) is 0 Å². The molecule has 0 aromatic carbocycles. The number of rotatable bonds is 3. The summed E-state index contributed by atoms with van der Waals surface area (Å²) in [5.41, 5.74) is 0.640. The van der Waals surface area contributed by atoms with Crippen LogP contribution >= 0.6 is 0 Å². The molecule has 6 heteroatoms. The average Bonchev–Trinajstić information content (AvgIpc) is 2.85. The summed E-state index contributed by atoms with van der Waals surface area (Å²) in [6.45, 7) is 6.80. The molecule has 6 nitrogen and oxygen atoms in total. The molecule has 1 fully saturated rings. The second kappa shape index (κ2) is 6.40. The van der Waals surface area contributed by atoms with Crippen LogP contribution in [-0.2, 0) is 0 Å². The number of hydrogen-bond donors (Lipinski definition) is 0. The molecule has 1 atom stereocenters. The number of likely N-dealkylation sites (tertiary alicyclic amines) is 1. The van der Waals surface area contributed by atoms with E-state index in [1.54, 1.807) is 18.3 Å². The Morgan fingerprint density at radius 3 is 2.91 bits per heavy atom. The Morgan fingerprint density at radius 1 is 1.39 bits per heavy atom. The first kappa shape index (κ1) is 15.5. The quantitative estimate of drug-likeness (QED) is 0.871. The van der Waals surface area contributed by atoms with Gasteiger partial charge in [-0.2, -0.15) is 4.98 Å². The van der Waals surface area contributed by atoms with Crippen LogP contribution in [0.2, 0.25) is 0 Å². The van der Waals surface area contributed by atoms with E-state index in [0.29, 0.717) is 29.6 Å². The smallest absolute Gasteiger partial charge is 0.257 e. The van der Waals surface area contributed by atoms with E-state index in [0.717, 1.165) is 25.1 Å². The zero-order valence-electron chi connectivity index (χ0n) is 13.7. The predicted octanol–water partition coefficient (Wildman–Crippen LogP) is 2.68. The summed E-state index contributed by atoms with van der Waals surface area (Å²) in [5.74, 6) is 2.67. The molecule has 2 aromatic heterocycles. The Bertz CT molecular complexity index is 711. The molecule has 0 N–H and O–H groups in total. The number of hydrogen-bond acceptors (Lipinski definition) is 5. The van der Waals surface area contributed by atoms with Crippen molar-refractivity contribution in [3.8, 4) is 5.88 Å². The van der Waals surface area contributed by atoms with Crippen LogP contribution in [-0.4, -0.2) is 40.0 Å². The van der Waals surface area contributed by atoms with Gasteiger partial charge in [-0.05, 0) is 39.7 Å². The number of carbonyl (C=O) groups excluding carboxylic acids is 1. The summed E-state index contributed by atoms with van der Waals surface area (Å²) in [6, 6.07) is 3.55. The molecule has 3 rings (SSSR count). The fourth-order valence-corrected chi connectivity index (χ4v) is 2.90. The van der Waals surface area contributed by atoms with Crippen LogP contribution in [0.4, 0.5) is 0 Å². The molecule has 23 heavy (non-hydrogen) atoms. The van der Waals surface area contributed by atoms with Crippen molar-refractivity contribution in [3.63, 3.8) is 0 Å². The SMILES string of the molecule is Cc1nccc(OC2CCCN(C(=O)c3cc(C)oc3C)C2)n1. The normalized spacial score (nSPS) is 18.0. The molecule has 1 saturated heterocycles. The summed E-state index contributed by atoms with van der Waals surface area (Å²) < 4.78 is 11.4. The van der Waals surface area contributed by atoms with Crippen LogP contribution in [0.3, 0.4) is 0 Å². The zero-order chi connectivity index (χ0) is 16.4. The van der Waals surface area contributed by atoms with Crippen molar-refractivity contribution < 1.29 is 13.9 Å². The van der Waals surface area contributed by atoms with Crippen LogP contribution in [0.25, 0.3) is 0 Å². The molecule has 0 radical (unpaired) electrons. The molecule has 0 spiro atoms. The van der Waals surface area contributed by atoms with Crippen LogP contribution in [0.1, 0.15) is 40.5 Å². The van der Waals surface area contributed by atoms with Crippen molar-refractivity contribution in [2.45, 2.75) is 39.7 Å². The molecule has 2 aromatic rings. The minimum Gasteiger partial charge on any atom is -0.472 e. The van der Waals surface area contributed by atoms with Gasteiger partial charge in [0.25, 0.3) is 5.91 Å². The summed E-state index contributed by atoms with van der Waals surface area (Å²) in [6.07, 6.45) is 3.46. The van der Waals surface area contributed by atoms with E-state index < -0.39 is 0 Å². The largest absolute Gasteiger partial charge is 0.472 e. The van der Waals surface area contributed by atoms with E-state index in [4.69, 9.17) is 9.15 Å². The van der Waals surface area contributed by atoms with E-state index in [9.17, 15) is 4.79 Å². The maximum absolute atomic E-state index is 12.7. The van der Waals surface area contributed by atoms with Gasteiger partial charge < -0.3 is 14.1 Å². The topological polar surface area (TPSA) is 68.5 Å². The molecule has 0 aliphatic carbocycles. The van der Waals surface area contributed by atoms with E-state index in [1.807, 2.05) is 25.7 Å². The molecule has 1 aliphatic rings. The van der Waals surface area contributed by atoms with Crippen molar-refractivity contribution in [2.75, 3.05) is 13.1 Å². The Hall–Kier alpha value is -2.37. The van der Waals surface area contributed by atoms with Crippen molar-refractivity contribution in [3.05, 3.63) is 41.2 Å². The highest BCUT2D eigenvalue weighted by Crippen LogP contribution is 2.21. The van der Waals surface area contributed by atoms with Gasteiger partial charge in [0.15, 0.2) is 0 Å². The number of carbonyl (C=O) groups is 1. The molecule has 1 amide bonds. The predicted molar refractivity (Wildman–Crippen MR) is 84.5 cm³/mol. The highest BCUT2D eigenvalue weighted by Gasteiger charge is 2.27. The number of furan rings is 1. The highest BCUT2D eigenvalue weighted by atomic mass is 16.5. The highest BCUT2D eigenvalue weighted by molar-refractivity contribution is 5.95. The van der Waals surface area contributed by atoms with Gasteiger partial charge in [-0.15, -0.1) is 0 Å². The van der Waals surface area contributed by atoms with Gasteiger partial charge in [0.05, 0.1) is 12.1 Å². The Kier molecular flexibility index (Phi) is 4.32. The van der Waals surface area contributed by atoms with Crippen LogP contribution < -0.4 is 4.74 Å². The molecule has 1 unspecified atom stereocenters. The molecule has 3 heterocycles. The van der Waals surface area contributed by atoms with E-state index in [-0.39, 0.29) is 12.0 Å². The third kappa shape index (κ3) is 3.52. The van der Waals surface area contributed by atoms with Gasteiger partial charge in [0.2, 0.25) is 5.88 Å². The summed E-state index contributed by atoms with van der Waals surface area (Å²) in [4.78, 5) is 22.8. The van der Waals surface area contributed by atoms with Crippen LogP contribution in [0.5, 0.6) is 5.88 Å². The monoisotopic (exact) mass is 315 g/mol.